The summed E-state index contributed by atoms with van der Waals surface area (Å²) in [5, 5.41) is 5.93. The minimum Gasteiger partial charge on any atom is -0.454 e. The number of anilines is 1. The van der Waals surface area contributed by atoms with Gasteiger partial charge in [0.2, 0.25) is 0 Å². The summed E-state index contributed by atoms with van der Waals surface area (Å²) in [6.45, 7) is 0.333. The lowest BCUT2D eigenvalue weighted by molar-refractivity contribution is -0.137. The SMILES string of the molecule is O=C(Nc1ccc(Cl)c(C(F)(F)F)c1)c1ccc(Cn2cccn2)o1. The molecule has 130 valence electrons. The molecule has 0 aliphatic carbocycles. The summed E-state index contributed by atoms with van der Waals surface area (Å²) in [6.07, 6.45) is -1.27. The molecule has 1 aromatic carbocycles. The van der Waals surface area contributed by atoms with Crippen LogP contribution in [0.2, 0.25) is 5.02 Å². The van der Waals surface area contributed by atoms with Crippen molar-refractivity contribution in [1.82, 2.24) is 9.78 Å². The number of alkyl halides is 3. The van der Waals surface area contributed by atoms with Crippen molar-refractivity contribution in [2.75, 3.05) is 5.32 Å². The minimum atomic E-state index is -4.61. The molecule has 0 saturated heterocycles. The van der Waals surface area contributed by atoms with Gasteiger partial charge < -0.3 is 9.73 Å². The maximum Gasteiger partial charge on any atom is 0.417 e. The fourth-order valence-electron chi connectivity index (χ4n) is 2.15. The Bertz CT molecular complexity index is 888. The van der Waals surface area contributed by atoms with Crippen LogP contribution in [0.25, 0.3) is 0 Å². The highest BCUT2D eigenvalue weighted by atomic mass is 35.5. The van der Waals surface area contributed by atoms with E-state index in [2.05, 4.69) is 10.4 Å². The Morgan fingerprint density at radius 1 is 1.28 bits per heavy atom. The summed E-state index contributed by atoms with van der Waals surface area (Å²) in [5.74, 6) is -0.200. The summed E-state index contributed by atoms with van der Waals surface area (Å²) in [7, 11) is 0. The molecule has 2 aromatic heterocycles. The summed E-state index contributed by atoms with van der Waals surface area (Å²) >= 11 is 5.55. The van der Waals surface area contributed by atoms with E-state index in [1.165, 1.54) is 12.1 Å². The number of hydrogen-bond donors (Lipinski definition) is 1. The highest BCUT2D eigenvalue weighted by Crippen LogP contribution is 2.36. The van der Waals surface area contributed by atoms with Gasteiger partial charge in [0.15, 0.2) is 5.76 Å². The molecular formula is C16H11ClF3N3O2. The molecule has 2 heterocycles. The third kappa shape index (κ3) is 4.03. The molecule has 0 aliphatic rings. The fourth-order valence-corrected chi connectivity index (χ4v) is 2.38. The molecule has 0 spiro atoms. The minimum absolute atomic E-state index is 0.0225. The first-order valence-corrected chi connectivity index (χ1v) is 7.45. The number of rotatable bonds is 4. The van der Waals surface area contributed by atoms with Gasteiger partial charge in [0.05, 0.1) is 17.1 Å². The molecule has 0 unspecified atom stereocenters. The molecule has 1 amide bonds. The van der Waals surface area contributed by atoms with Crippen molar-refractivity contribution < 1.29 is 22.4 Å². The molecule has 9 heteroatoms. The first-order valence-electron chi connectivity index (χ1n) is 7.07. The predicted octanol–water partition coefficient (Wildman–Crippen LogP) is 4.45. The van der Waals surface area contributed by atoms with Crippen molar-refractivity contribution in [1.29, 1.82) is 0 Å². The van der Waals surface area contributed by atoms with E-state index in [0.29, 0.717) is 12.3 Å². The Balaban J connectivity index is 1.73. The Kier molecular flexibility index (Phi) is 4.54. The molecule has 0 radical (unpaired) electrons. The van der Waals surface area contributed by atoms with Gasteiger partial charge >= 0.3 is 6.18 Å². The fraction of sp³-hybridized carbons (Fsp3) is 0.125. The summed E-state index contributed by atoms with van der Waals surface area (Å²) in [5.41, 5.74) is -1.06. The molecule has 3 rings (SSSR count). The summed E-state index contributed by atoms with van der Waals surface area (Å²) in [4.78, 5) is 12.1. The predicted molar refractivity (Wildman–Crippen MR) is 84.4 cm³/mol. The van der Waals surface area contributed by atoms with Crippen LogP contribution in [0.15, 0.2) is 53.2 Å². The van der Waals surface area contributed by atoms with Crippen molar-refractivity contribution in [3.63, 3.8) is 0 Å². The molecule has 0 fully saturated rings. The van der Waals surface area contributed by atoms with Gasteiger partial charge in [0, 0.05) is 18.1 Å². The summed E-state index contributed by atoms with van der Waals surface area (Å²) < 4.78 is 45.5. The highest BCUT2D eigenvalue weighted by Gasteiger charge is 2.33. The molecule has 5 nitrogen and oxygen atoms in total. The second-order valence-electron chi connectivity index (χ2n) is 5.12. The van der Waals surface area contributed by atoms with Gasteiger partial charge in [-0.3, -0.25) is 9.48 Å². The van der Waals surface area contributed by atoms with Crippen LogP contribution in [0.3, 0.4) is 0 Å². The van der Waals surface area contributed by atoms with E-state index in [1.807, 2.05) is 0 Å². The third-order valence-electron chi connectivity index (χ3n) is 3.29. The number of benzene rings is 1. The molecule has 25 heavy (non-hydrogen) atoms. The number of carbonyl (C=O) groups excluding carboxylic acids is 1. The van der Waals surface area contributed by atoms with E-state index in [9.17, 15) is 18.0 Å². The normalized spacial score (nSPS) is 11.5. The number of hydrogen-bond acceptors (Lipinski definition) is 3. The topological polar surface area (TPSA) is 60.1 Å². The lowest BCUT2D eigenvalue weighted by Crippen LogP contribution is -2.13. The van der Waals surface area contributed by atoms with Crippen LogP contribution in [0, 0.1) is 0 Å². The zero-order valence-electron chi connectivity index (χ0n) is 12.5. The number of carbonyl (C=O) groups is 1. The van der Waals surface area contributed by atoms with E-state index in [0.717, 1.165) is 12.1 Å². The number of furan rings is 1. The van der Waals surface area contributed by atoms with Crippen LogP contribution in [0.1, 0.15) is 21.9 Å². The molecule has 0 saturated carbocycles. The first kappa shape index (κ1) is 17.1. The molecule has 3 aromatic rings. The van der Waals surface area contributed by atoms with E-state index >= 15 is 0 Å². The van der Waals surface area contributed by atoms with Gasteiger partial charge in [-0.1, -0.05) is 11.6 Å². The largest absolute Gasteiger partial charge is 0.454 e. The molecule has 0 bridgehead atoms. The van der Waals surface area contributed by atoms with E-state index in [4.69, 9.17) is 16.0 Å². The number of halogens is 4. The lowest BCUT2D eigenvalue weighted by atomic mass is 10.2. The zero-order valence-corrected chi connectivity index (χ0v) is 13.3. The number of aromatic nitrogens is 2. The second kappa shape index (κ2) is 6.64. The van der Waals surface area contributed by atoms with Gasteiger partial charge in [-0.25, -0.2) is 0 Å². The highest BCUT2D eigenvalue weighted by molar-refractivity contribution is 6.31. The quantitative estimate of drug-likeness (QED) is 0.739. The van der Waals surface area contributed by atoms with Crippen molar-refractivity contribution in [3.05, 3.63) is 70.9 Å². The van der Waals surface area contributed by atoms with Crippen LogP contribution >= 0.6 is 11.6 Å². The maximum absolute atomic E-state index is 12.8. The van der Waals surface area contributed by atoms with Crippen molar-refractivity contribution in [3.8, 4) is 0 Å². The van der Waals surface area contributed by atoms with Gasteiger partial charge in [-0.15, -0.1) is 0 Å². The van der Waals surface area contributed by atoms with Crippen molar-refractivity contribution >= 4 is 23.2 Å². The summed E-state index contributed by atoms with van der Waals surface area (Å²) in [6, 6.07) is 7.91. The van der Waals surface area contributed by atoms with E-state index < -0.39 is 22.7 Å². The Hall–Kier alpha value is -2.74. The van der Waals surface area contributed by atoms with Crippen LogP contribution < -0.4 is 5.32 Å². The first-order chi connectivity index (χ1) is 11.8. The van der Waals surface area contributed by atoms with E-state index in [-0.39, 0.29) is 11.4 Å². The molecule has 0 aliphatic heterocycles. The standard InChI is InChI=1S/C16H11ClF3N3O2/c17-13-4-2-10(8-12(13)16(18,19)20)22-15(24)14-5-3-11(25-14)9-23-7-1-6-21-23/h1-8H,9H2,(H,22,24). The van der Waals surface area contributed by atoms with Crippen molar-refractivity contribution in [2.45, 2.75) is 12.7 Å². The molecular weight excluding hydrogens is 359 g/mol. The Morgan fingerprint density at radius 3 is 2.76 bits per heavy atom. The lowest BCUT2D eigenvalue weighted by Gasteiger charge is -2.11. The number of nitrogens with one attached hydrogen (secondary N) is 1. The van der Waals surface area contributed by atoms with Crippen LogP contribution in [0.5, 0.6) is 0 Å². The Morgan fingerprint density at radius 2 is 2.08 bits per heavy atom. The van der Waals surface area contributed by atoms with Crippen LogP contribution in [0.4, 0.5) is 18.9 Å². The second-order valence-corrected chi connectivity index (χ2v) is 5.52. The van der Waals surface area contributed by atoms with Gasteiger partial charge in [-0.05, 0) is 36.4 Å². The van der Waals surface area contributed by atoms with Gasteiger partial charge in [0.25, 0.3) is 5.91 Å². The van der Waals surface area contributed by atoms with E-state index in [1.54, 1.807) is 29.2 Å². The Labute approximate surface area is 145 Å². The maximum atomic E-state index is 12.8. The van der Waals surface area contributed by atoms with Crippen LogP contribution in [-0.2, 0) is 12.7 Å². The van der Waals surface area contributed by atoms with Crippen molar-refractivity contribution in [2.24, 2.45) is 0 Å². The zero-order chi connectivity index (χ0) is 18.0. The van der Waals surface area contributed by atoms with Crippen LogP contribution in [-0.4, -0.2) is 15.7 Å². The number of nitrogens with zero attached hydrogens (tertiary/aromatic N) is 2. The molecule has 1 N–H and O–H groups in total. The third-order valence-corrected chi connectivity index (χ3v) is 3.62. The van der Waals surface area contributed by atoms with Gasteiger partial charge in [-0.2, -0.15) is 18.3 Å². The average molecular weight is 370 g/mol. The van der Waals surface area contributed by atoms with Gasteiger partial charge in [0.1, 0.15) is 5.76 Å². The monoisotopic (exact) mass is 369 g/mol. The molecule has 0 atom stereocenters. The average Bonchev–Trinajstić information content (AvgIpc) is 3.20. The number of amides is 1. The smallest absolute Gasteiger partial charge is 0.417 e.